The SMILES string of the molecule is Cc1cc(S(=O)(=O)O)c2c(c1OS(=O)(=O)c1c(C3CC4CCC3C4)cc(C3CC4CCC3C4)cc1C1CC3CCC1C3)CCCC2. The monoisotopic (exact) mass is 664 g/mol. The van der Waals surface area contributed by atoms with Crippen molar-refractivity contribution in [3.05, 3.63) is 51.6 Å². The maximum Gasteiger partial charge on any atom is 0.339 e. The largest absolute Gasteiger partial charge is 0.378 e. The van der Waals surface area contributed by atoms with Crippen LogP contribution < -0.4 is 4.18 Å². The molecule has 2 aromatic rings. The smallest absolute Gasteiger partial charge is 0.339 e. The van der Waals surface area contributed by atoms with Crippen molar-refractivity contribution < 1.29 is 25.6 Å². The van der Waals surface area contributed by atoms with Crippen LogP contribution >= 0.6 is 0 Å². The molecule has 0 aliphatic heterocycles. The molecule has 46 heavy (non-hydrogen) atoms. The van der Waals surface area contributed by atoms with E-state index < -0.39 is 20.2 Å². The predicted molar refractivity (Wildman–Crippen MR) is 176 cm³/mol. The first-order chi connectivity index (χ1) is 22.0. The second-order valence-electron chi connectivity index (χ2n) is 16.6. The van der Waals surface area contributed by atoms with E-state index in [1.807, 2.05) is 0 Å². The predicted octanol–water partition coefficient (Wildman–Crippen LogP) is 8.60. The third-order valence-electron chi connectivity index (χ3n) is 14.1. The van der Waals surface area contributed by atoms with Crippen LogP contribution in [0.4, 0.5) is 0 Å². The van der Waals surface area contributed by atoms with Gasteiger partial charge >= 0.3 is 10.1 Å². The van der Waals surface area contributed by atoms with Crippen molar-refractivity contribution in [1.29, 1.82) is 0 Å². The topological polar surface area (TPSA) is 97.7 Å². The average Bonchev–Trinajstić information content (AvgIpc) is 3.89. The second kappa shape index (κ2) is 10.8. The Bertz CT molecular complexity index is 1760. The lowest BCUT2D eigenvalue weighted by atomic mass is 9.75. The molecule has 0 saturated heterocycles. The van der Waals surface area contributed by atoms with Gasteiger partial charge in [-0.15, -0.1) is 0 Å². The van der Waals surface area contributed by atoms with Gasteiger partial charge in [0, 0.05) is 5.56 Å². The lowest BCUT2D eigenvalue weighted by molar-refractivity contribution is 0.392. The molecule has 0 aromatic heterocycles. The van der Waals surface area contributed by atoms with Crippen LogP contribution in [0.3, 0.4) is 0 Å². The standard InChI is InChI=1S/C38H48O6S2/c1-21-12-36(45(39,40)41)29-4-2-3-5-30(29)37(21)44-46(42,43)38-34(32-17-23-7-10-26(32)14-23)19-28(31-16-22-6-9-25(31)13-22)20-35(38)33-18-24-8-11-27(33)15-24/h12,19-20,22-27,31-33H,2-11,13-18H2,1H3,(H,39,40,41). The van der Waals surface area contributed by atoms with E-state index in [1.165, 1.54) is 75.8 Å². The van der Waals surface area contributed by atoms with Gasteiger partial charge in [-0.25, -0.2) is 0 Å². The zero-order chi connectivity index (χ0) is 31.5. The number of benzene rings is 2. The second-order valence-corrected chi connectivity index (χ2v) is 19.4. The van der Waals surface area contributed by atoms with Crippen molar-refractivity contribution in [2.75, 3.05) is 0 Å². The van der Waals surface area contributed by atoms with E-state index in [0.29, 0.717) is 64.0 Å². The Morgan fingerprint density at radius 1 is 0.652 bits per heavy atom. The van der Waals surface area contributed by atoms with Crippen molar-refractivity contribution in [2.45, 2.75) is 137 Å². The highest BCUT2D eigenvalue weighted by molar-refractivity contribution is 7.87. The first-order valence-corrected chi connectivity index (χ1v) is 21.1. The van der Waals surface area contributed by atoms with Gasteiger partial charge in [0.05, 0.1) is 4.90 Å². The summed E-state index contributed by atoms with van der Waals surface area (Å²) in [4.78, 5) is 0.349. The number of aryl methyl sites for hydroxylation is 1. The summed E-state index contributed by atoms with van der Waals surface area (Å²) in [5.74, 6) is 5.29. The summed E-state index contributed by atoms with van der Waals surface area (Å²) < 4.78 is 71.3. The Hall–Kier alpha value is -1.90. The molecule has 0 radical (unpaired) electrons. The Morgan fingerprint density at radius 2 is 1.15 bits per heavy atom. The third-order valence-corrected chi connectivity index (χ3v) is 16.4. The Labute approximate surface area is 275 Å². The Morgan fingerprint density at radius 3 is 1.61 bits per heavy atom. The first-order valence-electron chi connectivity index (χ1n) is 18.3. The van der Waals surface area contributed by atoms with E-state index in [-0.39, 0.29) is 22.5 Å². The molecule has 0 amide bonds. The van der Waals surface area contributed by atoms with Crippen LogP contribution in [-0.4, -0.2) is 21.4 Å². The van der Waals surface area contributed by atoms with Gasteiger partial charge < -0.3 is 4.18 Å². The molecule has 7 aliphatic rings. The van der Waals surface area contributed by atoms with Gasteiger partial charge in [-0.3, -0.25) is 4.55 Å². The van der Waals surface area contributed by atoms with Gasteiger partial charge in [0.1, 0.15) is 10.6 Å². The Balaban J connectivity index is 1.22. The van der Waals surface area contributed by atoms with Gasteiger partial charge in [0.25, 0.3) is 10.1 Å². The fourth-order valence-electron chi connectivity index (χ4n) is 12.2. The minimum Gasteiger partial charge on any atom is -0.378 e. The molecular formula is C38H48O6S2. The fourth-order valence-corrected chi connectivity index (χ4v) is 14.6. The van der Waals surface area contributed by atoms with E-state index in [1.54, 1.807) is 6.92 Å². The number of hydrogen-bond acceptors (Lipinski definition) is 5. The van der Waals surface area contributed by atoms with Gasteiger partial charge in [0.2, 0.25) is 0 Å². The number of hydrogen-bond donors (Lipinski definition) is 1. The molecule has 248 valence electrons. The molecule has 0 spiro atoms. The maximum atomic E-state index is 15.1. The van der Waals surface area contributed by atoms with E-state index in [4.69, 9.17) is 4.18 Å². The molecule has 6 fully saturated rings. The van der Waals surface area contributed by atoms with E-state index in [0.717, 1.165) is 48.6 Å². The molecular weight excluding hydrogens is 617 g/mol. The summed E-state index contributed by atoms with van der Waals surface area (Å²) in [6.45, 7) is 1.71. The minimum atomic E-state index is -4.45. The van der Waals surface area contributed by atoms with Crippen LogP contribution in [0.5, 0.6) is 5.75 Å². The molecule has 0 heterocycles. The molecule has 6 bridgehead atoms. The molecule has 6 saturated carbocycles. The highest BCUT2D eigenvalue weighted by Gasteiger charge is 2.48. The highest BCUT2D eigenvalue weighted by Crippen LogP contribution is 2.60. The Kier molecular flexibility index (Phi) is 7.09. The molecule has 8 heteroatoms. The minimum absolute atomic E-state index is 0.106. The maximum absolute atomic E-state index is 15.1. The van der Waals surface area contributed by atoms with Gasteiger partial charge in [-0.05, 0) is 178 Å². The van der Waals surface area contributed by atoms with Crippen LogP contribution in [0.15, 0.2) is 28.0 Å². The summed E-state index contributed by atoms with van der Waals surface area (Å²) in [5.41, 5.74) is 5.05. The average molecular weight is 665 g/mol. The summed E-state index contributed by atoms with van der Waals surface area (Å²) in [6.07, 6.45) is 17.3. The molecule has 6 nitrogen and oxygen atoms in total. The molecule has 9 atom stereocenters. The normalized spacial score (nSPS) is 36.1. The summed E-state index contributed by atoms with van der Waals surface area (Å²) >= 11 is 0. The first kappa shape index (κ1) is 30.2. The van der Waals surface area contributed by atoms with Crippen LogP contribution in [0, 0.1) is 42.4 Å². The van der Waals surface area contributed by atoms with Crippen molar-refractivity contribution in [3.8, 4) is 5.75 Å². The van der Waals surface area contributed by atoms with Crippen LogP contribution in [-0.2, 0) is 33.1 Å². The van der Waals surface area contributed by atoms with Crippen molar-refractivity contribution in [2.24, 2.45) is 35.5 Å². The molecule has 9 rings (SSSR count). The third kappa shape index (κ3) is 4.85. The lowest BCUT2D eigenvalue weighted by Gasteiger charge is -2.32. The van der Waals surface area contributed by atoms with Crippen molar-refractivity contribution in [3.63, 3.8) is 0 Å². The van der Waals surface area contributed by atoms with Crippen LogP contribution in [0.1, 0.15) is 141 Å². The highest BCUT2D eigenvalue weighted by atomic mass is 32.2. The van der Waals surface area contributed by atoms with E-state index >= 15 is 8.42 Å². The van der Waals surface area contributed by atoms with Crippen molar-refractivity contribution >= 4 is 20.2 Å². The van der Waals surface area contributed by atoms with Gasteiger partial charge in [0.15, 0.2) is 0 Å². The van der Waals surface area contributed by atoms with Crippen LogP contribution in [0.25, 0.3) is 0 Å². The summed E-state index contributed by atoms with van der Waals surface area (Å²) in [5, 5.41) is 0. The zero-order valence-electron chi connectivity index (χ0n) is 27.0. The number of fused-ring (bicyclic) bond motifs is 7. The summed E-state index contributed by atoms with van der Waals surface area (Å²) in [7, 11) is -8.70. The van der Waals surface area contributed by atoms with Gasteiger partial charge in [-0.1, -0.05) is 31.4 Å². The van der Waals surface area contributed by atoms with Gasteiger partial charge in [-0.2, -0.15) is 16.8 Å². The van der Waals surface area contributed by atoms with Crippen LogP contribution in [0.2, 0.25) is 0 Å². The fraction of sp³-hybridized carbons (Fsp3) is 0.684. The molecule has 1 N–H and O–H groups in total. The quantitative estimate of drug-likeness (QED) is 0.235. The zero-order valence-corrected chi connectivity index (χ0v) is 28.7. The van der Waals surface area contributed by atoms with Crippen molar-refractivity contribution in [1.82, 2.24) is 0 Å². The van der Waals surface area contributed by atoms with E-state index in [9.17, 15) is 13.0 Å². The summed E-state index contributed by atoms with van der Waals surface area (Å²) in [6, 6.07) is 6.09. The molecule has 7 aliphatic carbocycles. The lowest BCUT2D eigenvalue weighted by Crippen LogP contribution is -2.24. The van der Waals surface area contributed by atoms with E-state index in [2.05, 4.69) is 12.1 Å². The molecule has 2 aromatic carbocycles. The number of rotatable bonds is 7. The molecule has 9 unspecified atom stereocenters.